The number of benzene rings is 2. The Balaban J connectivity index is 2.38. The van der Waals surface area contributed by atoms with Gasteiger partial charge in [-0.3, -0.25) is 0 Å². The van der Waals surface area contributed by atoms with Crippen LogP contribution in [0.4, 0.5) is 0 Å². The van der Waals surface area contributed by atoms with Gasteiger partial charge in [-0.1, -0.05) is 90.6 Å². The van der Waals surface area contributed by atoms with Crippen LogP contribution in [0, 0.1) is 0 Å². The predicted molar refractivity (Wildman–Crippen MR) is 125 cm³/mol. The van der Waals surface area contributed by atoms with Gasteiger partial charge in [0.25, 0.3) is 0 Å². The van der Waals surface area contributed by atoms with Crippen molar-refractivity contribution < 1.29 is 4.74 Å². The van der Waals surface area contributed by atoms with Crippen LogP contribution in [0.2, 0.25) is 0 Å². The summed E-state index contributed by atoms with van der Waals surface area (Å²) in [4.78, 5) is 0. The first-order chi connectivity index (χ1) is 13.6. The quantitative estimate of drug-likeness (QED) is 0.380. The van der Waals surface area contributed by atoms with Crippen LogP contribution in [-0.4, -0.2) is 6.61 Å². The Hall–Kier alpha value is -2.50. The van der Waals surface area contributed by atoms with E-state index in [-0.39, 0.29) is 10.8 Å². The highest BCUT2D eigenvalue weighted by atomic mass is 16.5. The molecule has 2 aromatic carbocycles. The Kier molecular flexibility index (Phi) is 5.92. The summed E-state index contributed by atoms with van der Waals surface area (Å²) in [7, 11) is 0. The van der Waals surface area contributed by atoms with Crippen LogP contribution in [0.3, 0.4) is 0 Å². The van der Waals surface area contributed by atoms with E-state index < -0.39 is 0 Å². The maximum absolute atomic E-state index is 6.33. The van der Waals surface area contributed by atoms with Gasteiger partial charge in [0.1, 0.15) is 12.4 Å². The normalized spacial score (nSPS) is 13.7. The summed E-state index contributed by atoms with van der Waals surface area (Å²) in [5, 5.41) is 0. The highest BCUT2D eigenvalue weighted by molar-refractivity contribution is 5.84. The summed E-state index contributed by atoms with van der Waals surface area (Å²) in [6, 6.07) is 15.2. The Bertz CT molecular complexity index is 950. The van der Waals surface area contributed by atoms with Gasteiger partial charge < -0.3 is 4.74 Å². The van der Waals surface area contributed by atoms with E-state index in [1.165, 1.54) is 22.3 Å². The Morgan fingerprint density at radius 1 is 1.00 bits per heavy atom. The van der Waals surface area contributed by atoms with Crippen molar-refractivity contribution >= 4 is 5.57 Å². The van der Waals surface area contributed by atoms with Crippen molar-refractivity contribution in [3.05, 3.63) is 88.7 Å². The number of ether oxygens (including phenoxy) is 1. The molecule has 0 spiro atoms. The molecule has 0 atom stereocenters. The van der Waals surface area contributed by atoms with E-state index in [4.69, 9.17) is 4.74 Å². The molecule has 0 saturated heterocycles. The number of hydrogen-bond donors (Lipinski definition) is 0. The fraction of sp³-hybridized carbons (Fsp3) is 0.393. The van der Waals surface area contributed by atoms with Crippen LogP contribution in [0.25, 0.3) is 5.57 Å². The largest absolute Gasteiger partial charge is 0.489 e. The van der Waals surface area contributed by atoms with E-state index in [9.17, 15) is 0 Å². The van der Waals surface area contributed by atoms with E-state index in [2.05, 4.69) is 96.3 Å². The standard InChI is InChI=1S/C28H34O/c1-8-16-29-26-24(18-22(27(2,3)4)19-25(26)28(5,6)7)23(17-20-14-15-20)21-12-10-9-11-13-21/h8-13,18-19H,1,14-16H2,2-7H3. The third-order valence-electron chi connectivity index (χ3n) is 5.24. The lowest BCUT2D eigenvalue weighted by atomic mass is 9.77. The lowest BCUT2D eigenvalue weighted by Crippen LogP contribution is -2.19. The maximum atomic E-state index is 6.33. The second-order valence-electron chi connectivity index (χ2n) is 9.97. The van der Waals surface area contributed by atoms with Gasteiger partial charge in [-0.25, -0.2) is 0 Å². The summed E-state index contributed by atoms with van der Waals surface area (Å²) >= 11 is 0. The molecular formula is C28H34O. The number of allylic oxidation sites excluding steroid dienone is 1. The Morgan fingerprint density at radius 3 is 2.17 bits per heavy atom. The molecule has 1 fully saturated rings. The van der Waals surface area contributed by atoms with E-state index in [1.54, 1.807) is 0 Å². The highest BCUT2D eigenvalue weighted by Crippen LogP contribution is 2.43. The smallest absolute Gasteiger partial charge is 0.131 e. The predicted octanol–water partition coefficient (Wildman–Crippen LogP) is 7.60. The number of hydrogen-bond acceptors (Lipinski definition) is 1. The lowest BCUT2D eigenvalue weighted by Gasteiger charge is -2.29. The Labute approximate surface area is 176 Å². The molecule has 1 aliphatic rings. The highest BCUT2D eigenvalue weighted by Gasteiger charge is 2.28. The second kappa shape index (κ2) is 8.09. The van der Waals surface area contributed by atoms with E-state index >= 15 is 0 Å². The average Bonchev–Trinajstić information content (AvgIpc) is 3.47. The molecule has 0 radical (unpaired) electrons. The van der Waals surface area contributed by atoms with E-state index in [1.807, 2.05) is 6.08 Å². The van der Waals surface area contributed by atoms with Crippen molar-refractivity contribution in [2.24, 2.45) is 0 Å². The molecule has 0 bridgehead atoms. The molecule has 1 aliphatic carbocycles. The molecule has 29 heavy (non-hydrogen) atoms. The van der Waals surface area contributed by atoms with Crippen LogP contribution in [0.15, 0.2) is 66.4 Å². The van der Waals surface area contributed by atoms with Gasteiger partial charge in [0.05, 0.1) is 0 Å². The first-order valence-corrected chi connectivity index (χ1v) is 10.6. The van der Waals surface area contributed by atoms with Crippen molar-refractivity contribution in [1.29, 1.82) is 0 Å². The second-order valence-corrected chi connectivity index (χ2v) is 9.97. The molecule has 0 amide bonds. The minimum Gasteiger partial charge on any atom is -0.489 e. The van der Waals surface area contributed by atoms with Crippen molar-refractivity contribution in [2.45, 2.75) is 65.2 Å². The molecule has 3 rings (SSSR count). The summed E-state index contributed by atoms with van der Waals surface area (Å²) in [6.07, 6.45) is 4.10. The lowest BCUT2D eigenvalue weighted by molar-refractivity contribution is 0.349. The molecule has 0 heterocycles. The van der Waals surface area contributed by atoms with Crippen LogP contribution >= 0.6 is 0 Å². The average molecular weight is 387 g/mol. The summed E-state index contributed by atoms with van der Waals surface area (Å²) < 4.78 is 6.33. The van der Waals surface area contributed by atoms with Crippen LogP contribution in [0.1, 0.15) is 76.6 Å². The van der Waals surface area contributed by atoms with Crippen LogP contribution < -0.4 is 4.74 Å². The molecule has 0 N–H and O–H groups in total. The molecule has 2 aromatic rings. The minimum absolute atomic E-state index is 0.0406. The molecule has 0 aromatic heterocycles. The molecule has 1 nitrogen and oxygen atoms in total. The van der Waals surface area contributed by atoms with E-state index in [0.717, 1.165) is 29.7 Å². The zero-order chi connectivity index (χ0) is 21.2. The molecule has 0 aliphatic heterocycles. The van der Waals surface area contributed by atoms with Gasteiger partial charge in [-0.2, -0.15) is 0 Å². The first-order valence-electron chi connectivity index (χ1n) is 10.6. The molecule has 0 unspecified atom stereocenters. The van der Waals surface area contributed by atoms with Crippen molar-refractivity contribution in [1.82, 2.24) is 0 Å². The summed E-state index contributed by atoms with van der Waals surface area (Å²) in [6.45, 7) is 17.9. The fourth-order valence-corrected chi connectivity index (χ4v) is 3.37. The van der Waals surface area contributed by atoms with Gasteiger partial charge in [0.2, 0.25) is 0 Å². The van der Waals surface area contributed by atoms with Gasteiger partial charge in [-0.05, 0) is 46.4 Å². The van der Waals surface area contributed by atoms with Gasteiger partial charge in [-0.15, -0.1) is 5.73 Å². The van der Waals surface area contributed by atoms with Crippen LogP contribution in [0.5, 0.6) is 5.75 Å². The van der Waals surface area contributed by atoms with Gasteiger partial charge >= 0.3 is 0 Å². The zero-order valence-electron chi connectivity index (χ0n) is 18.9. The monoisotopic (exact) mass is 386 g/mol. The maximum Gasteiger partial charge on any atom is 0.131 e. The molecular weight excluding hydrogens is 352 g/mol. The first kappa shape index (κ1) is 21.2. The summed E-state index contributed by atoms with van der Waals surface area (Å²) in [5.74, 6) is 0.956. The minimum atomic E-state index is -0.0406. The van der Waals surface area contributed by atoms with Crippen molar-refractivity contribution in [2.75, 3.05) is 6.61 Å². The number of rotatable bonds is 5. The zero-order valence-corrected chi connectivity index (χ0v) is 18.9. The molecule has 152 valence electrons. The van der Waals surface area contributed by atoms with Crippen LogP contribution in [-0.2, 0) is 10.8 Å². The van der Waals surface area contributed by atoms with E-state index in [0.29, 0.717) is 6.61 Å². The third kappa shape index (κ3) is 5.11. The molecule has 1 heteroatoms. The fourth-order valence-electron chi connectivity index (χ4n) is 3.37. The third-order valence-corrected chi connectivity index (χ3v) is 5.24. The summed E-state index contributed by atoms with van der Waals surface area (Å²) in [5.41, 5.74) is 11.1. The Morgan fingerprint density at radius 2 is 1.66 bits per heavy atom. The van der Waals surface area contributed by atoms with Crippen molar-refractivity contribution in [3.63, 3.8) is 0 Å². The SMILES string of the molecule is C=CCOc1c(C(=C=C2CC2)c2ccccc2)cc(C(C)(C)C)cc1C(C)(C)C. The van der Waals surface area contributed by atoms with Gasteiger partial charge in [0, 0.05) is 16.7 Å². The van der Waals surface area contributed by atoms with Gasteiger partial charge in [0.15, 0.2) is 0 Å². The molecule has 1 saturated carbocycles. The van der Waals surface area contributed by atoms with Crippen molar-refractivity contribution in [3.8, 4) is 5.75 Å². The topological polar surface area (TPSA) is 9.23 Å².